The van der Waals surface area contributed by atoms with E-state index in [-0.39, 0.29) is 5.91 Å². The van der Waals surface area contributed by atoms with E-state index in [1.165, 1.54) is 10.8 Å². The Kier molecular flexibility index (Phi) is 3.95. The standard InChI is InChI=1S/C23H19NO/c1-17(25)24(16-18-8-3-2-4-9-18)23-13-7-12-21-14-19-10-5-6-11-20(19)15-22(21)23/h2-15H,16H2,1H3. The number of anilines is 1. The van der Waals surface area contributed by atoms with Gasteiger partial charge in [-0.25, -0.2) is 0 Å². The maximum atomic E-state index is 12.4. The van der Waals surface area contributed by atoms with Crippen molar-refractivity contribution in [1.29, 1.82) is 0 Å². The summed E-state index contributed by atoms with van der Waals surface area (Å²) in [6.07, 6.45) is 0. The summed E-state index contributed by atoms with van der Waals surface area (Å²) in [5.41, 5.74) is 2.08. The minimum absolute atomic E-state index is 0.0458. The van der Waals surface area contributed by atoms with Crippen molar-refractivity contribution in [3.05, 3.63) is 90.5 Å². The molecule has 0 radical (unpaired) electrons. The van der Waals surface area contributed by atoms with Crippen LogP contribution in [0.4, 0.5) is 5.69 Å². The number of carbonyl (C=O) groups is 1. The molecule has 2 nitrogen and oxygen atoms in total. The van der Waals surface area contributed by atoms with Crippen LogP contribution in [0.25, 0.3) is 21.5 Å². The van der Waals surface area contributed by atoms with Crippen molar-refractivity contribution >= 4 is 33.1 Å². The first kappa shape index (κ1) is 15.4. The van der Waals surface area contributed by atoms with E-state index in [1.807, 2.05) is 41.3 Å². The van der Waals surface area contributed by atoms with Gasteiger partial charge in [0.05, 0.1) is 12.2 Å². The van der Waals surface area contributed by atoms with Crippen LogP contribution in [0.3, 0.4) is 0 Å². The van der Waals surface area contributed by atoms with Crippen LogP contribution in [0.15, 0.2) is 84.9 Å². The maximum absolute atomic E-state index is 12.4. The highest BCUT2D eigenvalue weighted by atomic mass is 16.2. The van der Waals surface area contributed by atoms with Crippen LogP contribution in [-0.2, 0) is 11.3 Å². The molecule has 0 N–H and O–H groups in total. The van der Waals surface area contributed by atoms with Crippen LogP contribution in [0.1, 0.15) is 12.5 Å². The second-order valence-corrected chi connectivity index (χ2v) is 6.29. The fourth-order valence-electron chi connectivity index (χ4n) is 3.32. The Balaban J connectivity index is 1.88. The Bertz CT molecular complexity index is 1050. The number of hydrogen-bond acceptors (Lipinski definition) is 1. The van der Waals surface area contributed by atoms with Gasteiger partial charge in [0, 0.05) is 12.3 Å². The predicted octanol–water partition coefficient (Wildman–Crippen LogP) is 5.55. The van der Waals surface area contributed by atoms with E-state index < -0.39 is 0 Å². The van der Waals surface area contributed by atoms with Gasteiger partial charge >= 0.3 is 0 Å². The van der Waals surface area contributed by atoms with Gasteiger partial charge in [0.25, 0.3) is 0 Å². The number of amides is 1. The highest BCUT2D eigenvalue weighted by molar-refractivity contribution is 6.07. The van der Waals surface area contributed by atoms with Crippen molar-refractivity contribution in [2.45, 2.75) is 13.5 Å². The van der Waals surface area contributed by atoms with E-state index in [9.17, 15) is 4.79 Å². The lowest BCUT2D eigenvalue weighted by Gasteiger charge is -2.23. The first-order chi connectivity index (χ1) is 12.2. The summed E-state index contributed by atoms with van der Waals surface area (Å²) >= 11 is 0. The van der Waals surface area contributed by atoms with Gasteiger partial charge in [-0.2, -0.15) is 0 Å². The first-order valence-electron chi connectivity index (χ1n) is 8.46. The zero-order valence-corrected chi connectivity index (χ0v) is 14.1. The molecule has 0 aromatic heterocycles. The predicted molar refractivity (Wildman–Crippen MR) is 105 cm³/mol. The van der Waals surface area contributed by atoms with Gasteiger partial charge in [0.1, 0.15) is 0 Å². The molecule has 4 aromatic carbocycles. The molecule has 0 saturated carbocycles. The second kappa shape index (κ2) is 6.40. The minimum Gasteiger partial charge on any atom is -0.308 e. The average Bonchev–Trinajstić information content (AvgIpc) is 2.65. The van der Waals surface area contributed by atoms with Crippen molar-refractivity contribution in [3.8, 4) is 0 Å². The molecule has 0 unspecified atom stereocenters. The van der Waals surface area contributed by atoms with Crippen molar-refractivity contribution < 1.29 is 4.79 Å². The molecule has 1 amide bonds. The third-order valence-corrected chi connectivity index (χ3v) is 4.58. The van der Waals surface area contributed by atoms with Crippen LogP contribution < -0.4 is 4.90 Å². The first-order valence-corrected chi connectivity index (χ1v) is 8.46. The Hall–Kier alpha value is -3.13. The number of fused-ring (bicyclic) bond motifs is 2. The molecular formula is C23H19NO. The zero-order valence-electron chi connectivity index (χ0n) is 14.1. The third-order valence-electron chi connectivity index (χ3n) is 4.58. The Labute approximate surface area is 147 Å². The fraction of sp³-hybridized carbons (Fsp3) is 0.0870. The topological polar surface area (TPSA) is 20.3 Å². The summed E-state index contributed by atoms with van der Waals surface area (Å²) < 4.78 is 0. The van der Waals surface area contributed by atoms with E-state index >= 15 is 0 Å². The summed E-state index contributed by atoms with van der Waals surface area (Å²) in [6, 6.07) is 29.0. The molecule has 2 heteroatoms. The number of carbonyl (C=O) groups excluding carboxylic acids is 1. The highest BCUT2D eigenvalue weighted by Crippen LogP contribution is 2.31. The van der Waals surface area contributed by atoms with E-state index in [0.717, 1.165) is 22.0 Å². The lowest BCUT2D eigenvalue weighted by Crippen LogP contribution is -2.27. The van der Waals surface area contributed by atoms with Crippen LogP contribution >= 0.6 is 0 Å². The third kappa shape index (κ3) is 2.99. The summed E-state index contributed by atoms with van der Waals surface area (Å²) in [6.45, 7) is 2.20. The normalized spacial score (nSPS) is 10.9. The van der Waals surface area contributed by atoms with Gasteiger partial charge in [0.2, 0.25) is 5.91 Å². The molecule has 0 spiro atoms. The quantitative estimate of drug-likeness (QED) is 0.452. The van der Waals surface area contributed by atoms with E-state index in [0.29, 0.717) is 6.54 Å². The fourth-order valence-corrected chi connectivity index (χ4v) is 3.32. The van der Waals surface area contributed by atoms with Gasteiger partial charge in [-0.1, -0.05) is 66.7 Å². The number of benzene rings is 4. The van der Waals surface area contributed by atoms with E-state index in [2.05, 4.69) is 48.5 Å². The van der Waals surface area contributed by atoms with Crippen molar-refractivity contribution in [3.63, 3.8) is 0 Å². The Morgan fingerprint density at radius 1 is 0.760 bits per heavy atom. The molecule has 4 aromatic rings. The number of rotatable bonds is 3. The van der Waals surface area contributed by atoms with Crippen LogP contribution in [-0.4, -0.2) is 5.91 Å². The van der Waals surface area contributed by atoms with E-state index in [4.69, 9.17) is 0 Å². The van der Waals surface area contributed by atoms with Gasteiger partial charge in [0.15, 0.2) is 0 Å². The molecule has 25 heavy (non-hydrogen) atoms. The lowest BCUT2D eigenvalue weighted by atomic mass is 10.0. The number of hydrogen-bond donors (Lipinski definition) is 0. The molecule has 0 aliphatic carbocycles. The monoisotopic (exact) mass is 325 g/mol. The van der Waals surface area contributed by atoms with Crippen molar-refractivity contribution in [2.24, 2.45) is 0 Å². The van der Waals surface area contributed by atoms with E-state index in [1.54, 1.807) is 6.92 Å². The van der Waals surface area contributed by atoms with Crippen molar-refractivity contribution in [1.82, 2.24) is 0 Å². The van der Waals surface area contributed by atoms with Crippen LogP contribution in [0, 0.1) is 0 Å². The lowest BCUT2D eigenvalue weighted by molar-refractivity contribution is -0.116. The highest BCUT2D eigenvalue weighted by Gasteiger charge is 2.15. The van der Waals surface area contributed by atoms with Crippen LogP contribution in [0.2, 0.25) is 0 Å². The zero-order chi connectivity index (χ0) is 17.2. The largest absolute Gasteiger partial charge is 0.308 e. The summed E-state index contributed by atoms with van der Waals surface area (Å²) in [5, 5.41) is 4.65. The molecule has 0 aliphatic rings. The molecule has 0 heterocycles. The summed E-state index contributed by atoms with van der Waals surface area (Å²) in [5.74, 6) is 0.0458. The molecule has 0 saturated heterocycles. The molecule has 0 fully saturated rings. The summed E-state index contributed by atoms with van der Waals surface area (Å²) in [4.78, 5) is 14.2. The molecule has 0 aliphatic heterocycles. The van der Waals surface area contributed by atoms with Crippen molar-refractivity contribution in [2.75, 3.05) is 4.90 Å². The molecule has 0 bridgehead atoms. The molecular weight excluding hydrogens is 306 g/mol. The maximum Gasteiger partial charge on any atom is 0.224 e. The van der Waals surface area contributed by atoms with Gasteiger partial charge in [-0.05, 0) is 39.9 Å². The van der Waals surface area contributed by atoms with Gasteiger partial charge < -0.3 is 4.90 Å². The Morgan fingerprint density at radius 3 is 2.12 bits per heavy atom. The second-order valence-electron chi connectivity index (χ2n) is 6.29. The smallest absolute Gasteiger partial charge is 0.224 e. The number of nitrogens with zero attached hydrogens (tertiary/aromatic N) is 1. The van der Waals surface area contributed by atoms with Crippen LogP contribution in [0.5, 0.6) is 0 Å². The molecule has 0 atom stereocenters. The average molecular weight is 325 g/mol. The summed E-state index contributed by atoms with van der Waals surface area (Å²) in [7, 11) is 0. The minimum atomic E-state index is 0.0458. The SMILES string of the molecule is CC(=O)N(Cc1ccccc1)c1cccc2cc3ccccc3cc12. The molecule has 122 valence electrons. The molecule has 4 rings (SSSR count). The van der Waals surface area contributed by atoms with Gasteiger partial charge in [-0.15, -0.1) is 0 Å². The van der Waals surface area contributed by atoms with Gasteiger partial charge in [-0.3, -0.25) is 4.79 Å². The Morgan fingerprint density at radius 2 is 1.40 bits per heavy atom.